The van der Waals surface area contributed by atoms with E-state index in [1.54, 1.807) is 24.3 Å². The van der Waals surface area contributed by atoms with Gasteiger partial charge in [-0.15, -0.1) is 0 Å². The molecule has 290 valence electrons. The van der Waals surface area contributed by atoms with Crippen LogP contribution in [0.15, 0.2) is 146 Å². The molecule has 0 amide bonds. The van der Waals surface area contributed by atoms with Gasteiger partial charge in [-0.1, -0.05) is 146 Å². The number of aromatic nitrogens is 3. The van der Waals surface area contributed by atoms with Crippen LogP contribution in [0.5, 0.6) is 5.75 Å². The Bertz CT molecular complexity index is 3340. The zero-order chi connectivity index (χ0) is 50.4. The van der Waals surface area contributed by atoms with Gasteiger partial charge in [-0.25, -0.2) is 4.98 Å². The topological polar surface area (TPSA) is 50.9 Å². The van der Waals surface area contributed by atoms with E-state index in [0.717, 1.165) is 33.5 Å². The van der Waals surface area contributed by atoms with Crippen molar-refractivity contribution in [2.24, 2.45) is 0 Å². The summed E-state index contributed by atoms with van der Waals surface area (Å²) in [5, 5.41) is 11.4. The highest BCUT2D eigenvalue weighted by atomic mass is 16.3. The van der Waals surface area contributed by atoms with Crippen molar-refractivity contribution in [3.63, 3.8) is 0 Å². The van der Waals surface area contributed by atoms with E-state index in [-0.39, 0.29) is 22.4 Å². The first kappa shape index (κ1) is 27.4. The van der Waals surface area contributed by atoms with Crippen LogP contribution in [-0.4, -0.2) is 19.6 Å². The molecule has 0 saturated heterocycles. The van der Waals surface area contributed by atoms with E-state index in [2.05, 4.69) is 44.0 Å². The maximum Gasteiger partial charge on any atom is 0.149 e. The zero-order valence-corrected chi connectivity index (χ0v) is 34.1. The second kappa shape index (κ2) is 14.9. The lowest BCUT2D eigenvalue weighted by Gasteiger charge is -2.25. The van der Waals surface area contributed by atoms with Crippen LogP contribution in [0.4, 0.5) is 0 Å². The van der Waals surface area contributed by atoms with Crippen molar-refractivity contribution in [3.8, 4) is 67.5 Å². The lowest BCUT2D eigenvalue weighted by molar-refractivity contribution is 0.477. The summed E-state index contributed by atoms with van der Waals surface area (Å²) in [6.45, 7) is 13.4. The van der Waals surface area contributed by atoms with Gasteiger partial charge in [-0.05, 0) is 123 Å². The average Bonchev–Trinajstić information content (AvgIpc) is 3.66. The van der Waals surface area contributed by atoms with Crippen LogP contribution in [-0.2, 0) is 10.8 Å². The highest BCUT2D eigenvalue weighted by Gasteiger charge is 2.25. The summed E-state index contributed by atoms with van der Waals surface area (Å²) in [5.41, 5.74) is 6.62. The maximum absolute atomic E-state index is 11.4. The number of aromatic hydroxyl groups is 1. The average molecular weight is 771 g/mol. The number of benzene rings is 6. The van der Waals surface area contributed by atoms with Gasteiger partial charge in [0, 0.05) is 28.5 Å². The Morgan fingerprint density at radius 2 is 1.38 bits per heavy atom. The van der Waals surface area contributed by atoms with E-state index in [1.165, 1.54) is 0 Å². The van der Waals surface area contributed by atoms with Gasteiger partial charge in [0.05, 0.1) is 31.9 Å². The SMILES string of the molecule is [2H]c1nc(-c2cc(-c3cccc4c3nc(-c3ccccc3O)n4-c3ccc(-c4ccccc4C(C)(C)C)c(C([2H])(C)C)c3)cc(C(C)(C)C)c2)c([2H])c(-c2c([2H])c([2H])c(C([2H])([2H])[2H])c([2H])c2[2H])c1[2H]. The molecule has 0 saturated carbocycles. The zero-order valence-electron chi connectivity index (χ0n) is 45.1. The molecule has 4 nitrogen and oxygen atoms in total. The fourth-order valence-electron chi connectivity index (χ4n) is 7.50. The van der Waals surface area contributed by atoms with Crippen molar-refractivity contribution in [1.29, 1.82) is 0 Å². The third-order valence-electron chi connectivity index (χ3n) is 10.5. The minimum Gasteiger partial charge on any atom is -0.507 e. The molecule has 0 atom stereocenters. The Labute approximate surface area is 359 Å². The predicted octanol–water partition coefficient (Wildman–Crippen LogP) is 14.5. The van der Waals surface area contributed by atoms with Crippen LogP contribution >= 0.6 is 0 Å². The van der Waals surface area contributed by atoms with E-state index >= 15 is 0 Å². The molecule has 0 radical (unpaired) electrons. The minimum absolute atomic E-state index is 0.0214. The molecule has 1 N–H and O–H groups in total. The monoisotopic (exact) mass is 770 g/mol. The van der Waals surface area contributed by atoms with E-state index in [1.807, 2.05) is 99.8 Å². The summed E-state index contributed by atoms with van der Waals surface area (Å²) < 4.78 is 97.1. The van der Waals surface area contributed by atoms with Crippen molar-refractivity contribution in [3.05, 3.63) is 168 Å². The number of rotatable bonds is 7. The highest BCUT2D eigenvalue weighted by Crippen LogP contribution is 2.42. The van der Waals surface area contributed by atoms with Gasteiger partial charge in [0.25, 0.3) is 0 Å². The number of para-hydroxylation sites is 2. The van der Waals surface area contributed by atoms with Crippen LogP contribution in [0.3, 0.4) is 0 Å². The van der Waals surface area contributed by atoms with E-state index in [0.29, 0.717) is 39.1 Å². The van der Waals surface area contributed by atoms with E-state index in [9.17, 15) is 7.85 Å². The van der Waals surface area contributed by atoms with Gasteiger partial charge < -0.3 is 5.11 Å². The Kier molecular flexibility index (Phi) is 7.04. The third kappa shape index (κ3) is 7.36. The summed E-state index contributed by atoms with van der Waals surface area (Å²) in [5.74, 6) is -0.557. The van der Waals surface area contributed by atoms with Crippen molar-refractivity contribution in [2.45, 2.75) is 79.0 Å². The Hall–Kier alpha value is -6.26. The molecular weight excluding hydrogens is 707 g/mol. The minimum atomic E-state index is -2.97. The van der Waals surface area contributed by atoms with Crippen molar-refractivity contribution in [2.75, 3.05) is 0 Å². The lowest BCUT2D eigenvalue weighted by Crippen LogP contribution is -2.13. The van der Waals surface area contributed by atoms with Gasteiger partial charge in [-0.3, -0.25) is 9.55 Å². The second-order valence-electron chi connectivity index (χ2n) is 17.0. The fourth-order valence-corrected chi connectivity index (χ4v) is 7.50. The number of phenolic OH excluding ortho intramolecular Hbond substituents is 1. The predicted molar refractivity (Wildman–Crippen MR) is 244 cm³/mol. The van der Waals surface area contributed by atoms with Gasteiger partial charge in [0.1, 0.15) is 11.6 Å². The molecular formula is C54H53N3O. The summed E-state index contributed by atoms with van der Waals surface area (Å²) in [7, 11) is 0. The Morgan fingerprint density at radius 3 is 2.09 bits per heavy atom. The molecule has 8 aromatic rings. The standard InChI is InChI=1S/C54H53N3O/c1-34(2)46-33-41(25-26-43(46)44-15-10-12-18-47(44)54(7,8)9)57-49-19-14-17-42(51(49)56-52(57)45-16-11-13-20-50(45)58)38-29-39(31-40(30-38)53(4,5)6)48-32-37(27-28-55-48)36-23-21-35(3)22-24-36/h10-34,58H,1-9H3/i3D3,21D,22D,23D,24D,27D,28D,32D,34D. The van der Waals surface area contributed by atoms with Gasteiger partial charge in [0.2, 0.25) is 0 Å². The molecule has 0 fully saturated rings. The third-order valence-corrected chi connectivity index (χ3v) is 10.5. The Balaban J connectivity index is 1.40. The number of pyridine rings is 1. The lowest BCUT2D eigenvalue weighted by atomic mass is 9.80. The van der Waals surface area contributed by atoms with Crippen LogP contribution in [0.25, 0.3) is 72.7 Å². The second-order valence-corrected chi connectivity index (χ2v) is 17.0. The van der Waals surface area contributed by atoms with Crippen LogP contribution < -0.4 is 0 Å². The smallest absolute Gasteiger partial charge is 0.149 e. The summed E-state index contributed by atoms with van der Waals surface area (Å²) in [6, 6.07) is 28.6. The maximum atomic E-state index is 11.4. The van der Waals surface area contributed by atoms with Gasteiger partial charge in [-0.2, -0.15) is 0 Å². The van der Waals surface area contributed by atoms with E-state index in [4.69, 9.17) is 17.3 Å². The van der Waals surface area contributed by atoms with Gasteiger partial charge >= 0.3 is 0 Å². The van der Waals surface area contributed by atoms with Crippen molar-refractivity contribution >= 4 is 11.0 Å². The molecule has 8 rings (SSSR count). The molecule has 2 aromatic heterocycles. The number of hydrogen-bond donors (Lipinski definition) is 1. The number of imidazole rings is 1. The largest absolute Gasteiger partial charge is 0.507 e. The summed E-state index contributed by atoms with van der Waals surface area (Å²) in [4.78, 5) is 9.71. The molecule has 0 aliphatic carbocycles. The number of hydrogen-bond acceptors (Lipinski definition) is 3. The number of nitrogens with zero attached hydrogens (tertiary/aromatic N) is 3. The molecule has 0 aliphatic heterocycles. The molecule has 0 spiro atoms. The normalized spacial score (nSPS) is 15.2. The van der Waals surface area contributed by atoms with Gasteiger partial charge in [0.15, 0.2) is 0 Å². The molecule has 0 aliphatic rings. The first-order valence-corrected chi connectivity index (χ1v) is 19.4. The van der Waals surface area contributed by atoms with E-state index < -0.39 is 71.7 Å². The highest BCUT2D eigenvalue weighted by molar-refractivity contribution is 5.97. The van der Waals surface area contributed by atoms with Crippen LogP contribution in [0, 0.1) is 6.85 Å². The Morgan fingerprint density at radius 1 is 0.672 bits per heavy atom. The molecule has 2 heterocycles. The molecule has 58 heavy (non-hydrogen) atoms. The van der Waals surface area contributed by atoms with Crippen molar-refractivity contribution in [1.82, 2.24) is 14.5 Å². The van der Waals surface area contributed by atoms with Crippen LogP contribution in [0.2, 0.25) is 0 Å². The van der Waals surface area contributed by atoms with Crippen molar-refractivity contribution < 1.29 is 20.2 Å². The molecule has 6 aromatic carbocycles. The number of fused-ring (bicyclic) bond motifs is 1. The molecule has 0 unspecified atom stereocenters. The first-order chi connectivity index (χ1) is 32.1. The molecule has 4 heteroatoms. The first-order valence-electron chi connectivity index (χ1n) is 24.9. The quantitative estimate of drug-likeness (QED) is 0.176. The fraction of sp³-hybridized carbons (Fsp3) is 0.222. The summed E-state index contributed by atoms with van der Waals surface area (Å²) >= 11 is 0. The van der Waals surface area contributed by atoms with Crippen LogP contribution in [0.1, 0.15) is 98.6 Å². The molecule has 0 bridgehead atoms. The number of phenols is 1. The summed E-state index contributed by atoms with van der Waals surface area (Å²) in [6.07, 6.45) is -0.577.